The third kappa shape index (κ3) is 3.80. The van der Waals surface area contributed by atoms with Crippen molar-refractivity contribution in [2.45, 2.75) is 38.6 Å². The van der Waals surface area contributed by atoms with Crippen molar-refractivity contribution in [3.05, 3.63) is 0 Å². The molecule has 0 aromatic heterocycles. The van der Waals surface area contributed by atoms with Crippen LogP contribution >= 0.6 is 0 Å². The summed E-state index contributed by atoms with van der Waals surface area (Å²) in [5, 5.41) is 18.1. The predicted octanol–water partition coefficient (Wildman–Crippen LogP) is 0.944. The minimum atomic E-state index is -0.754. The van der Waals surface area contributed by atoms with Crippen molar-refractivity contribution >= 4 is 5.97 Å². The van der Waals surface area contributed by atoms with Crippen LogP contribution in [0.15, 0.2) is 0 Å². The molecule has 0 aromatic rings. The Hall–Kier alpha value is -0.610. The smallest absolute Gasteiger partial charge is 0.307 e. The minimum absolute atomic E-state index is 0.145. The molecule has 15 heavy (non-hydrogen) atoms. The second-order valence-corrected chi connectivity index (χ2v) is 4.42. The zero-order chi connectivity index (χ0) is 11.3. The SMILES string of the molecule is CC(CN1CCCCCC1CO)C(=O)O. The number of carboxylic acid groups (broad SMARTS) is 1. The topological polar surface area (TPSA) is 60.8 Å². The highest BCUT2D eigenvalue weighted by Crippen LogP contribution is 2.17. The normalized spacial score (nSPS) is 25.9. The summed E-state index contributed by atoms with van der Waals surface area (Å²) in [6.45, 7) is 3.34. The molecule has 1 rings (SSSR count). The van der Waals surface area contributed by atoms with Gasteiger partial charge in [-0.3, -0.25) is 9.69 Å². The summed E-state index contributed by atoms with van der Waals surface area (Å²) in [6, 6.07) is 0.161. The summed E-state index contributed by atoms with van der Waals surface area (Å²) in [6.07, 6.45) is 4.43. The molecule has 0 spiro atoms. The summed E-state index contributed by atoms with van der Waals surface area (Å²) >= 11 is 0. The number of hydrogen-bond donors (Lipinski definition) is 2. The van der Waals surface area contributed by atoms with E-state index in [1.807, 2.05) is 0 Å². The average molecular weight is 215 g/mol. The zero-order valence-corrected chi connectivity index (χ0v) is 9.35. The van der Waals surface area contributed by atoms with E-state index >= 15 is 0 Å². The molecule has 0 saturated carbocycles. The van der Waals surface area contributed by atoms with E-state index in [9.17, 15) is 9.90 Å². The largest absolute Gasteiger partial charge is 0.481 e. The summed E-state index contributed by atoms with van der Waals surface area (Å²) < 4.78 is 0. The van der Waals surface area contributed by atoms with Gasteiger partial charge in [0.05, 0.1) is 12.5 Å². The van der Waals surface area contributed by atoms with Crippen LogP contribution in [0.3, 0.4) is 0 Å². The molecule has 0 amide bonds. The highest BCUT2D eigenvalue weighted by molar-refractivity contribution is 5.69. The second-order valence-electron chi connectivity index (χ2n) is 4.42. The maximum Gasteiger partial charge on any atom is 0.307 e. The zero-order valence-electron chi connectivity index (χ0n) is 9.35. The van der Waals surface area contributed by atoms with E-state index < -0.39 is 5.97 Å². The van der Waals surface area contributed by atoms with Gasteiger partial charge in [-0.1, -0.05) is 19.8 Å². The number of aliphatic hydroxyl groups excluding tert-OH is 1. The first-order valence-corrected chi connectivity index (χ1v) is 5.73. The first-order valence-electron chi connectivity index (χ1n) is 5.73. The highest BCUT2D eigenvalue weighted by atomic mass is 16.4. The van der Waals surface area contributed by atoms with Crippen molar-refractivity contribution in [3.8, 4) is 0 Å². The lowest BCUT2D eigenvalue weighted by atomic mass is 10.1. The van der Waals surface area contributed by atoms with Crippen molar-refractivity contribution in [3.63, 3.8) is 0 Å². The molecule has 1 heterocycles. The van der Waals surface area contributed by atoms with E-state index in [-0.39, 0.29) is 18.6 Å². The summed E-state index contributed by atoms with van der Waals surface area (Å²) in [5.41, 5.74) is 0. The van der Waals surface area contributed by atoms with Gasteiger partial charge in [-0.05, 0) is 19.4 Å². The number of likely N-dealkylation sites (tertiary alicyclic amines) is 1. The van der Waals surface area contributed by atoms with Crippen LogP contribution in [-0.4, -0.2) is 46.8 Å². The average Bonchev–Trinajstić information content (AvgIpc) is 2.42. The molecule has 2 unspecified atom stereocenters. The lowest BCUT2D eigenvalue weighted by Crippen LogP contribution is -2.41. The van der Waals surface area contributed by atoms with Crippen molar-refractivity contribution in [2.24, 2.45) is 5.92 Å². The molecule has 0 aromatic carbocycles. The molecule has 0 aliphatic carbocycles. The van der Waals surface area contributed by atoms with Crippen LogP contribution in [-0.2, 0) is 4.79 Å². The van der Waals surface area contributed by atoms with E-state index in [1.54, 1.807) is 6.92 Å². The Labute approximate surface area is 90.9 Å². The van der Waals surface area contributed by atoms with Crippen LogP contribution in [0.1, 0.15) is 32.6 Å². The van der Waals surface area contributed by atoms with Crippen molar-refractivity contribution in [1.29, 1.82) is 0 Å². The molecule has 4 nitrogen and oxygen atoms in total. The van der Waals surface area contributed by atoms with Crippen LogP contribution in [0, 0.1) is 5.92 Å². The molecule has 1 aliphatic rings. The van der Waals surface area contributed by atoms with Gasteiger partial charge in [0.15, 0.2) is 0 Å². The van der Waals surface area contributed by atoms with Crippen LogP contribution in [0.4, 0.5) is 0 Å². The fourth-order valence-corrected chi connectivity index (χ4v) is 2.11. The van der Waals surface area contributed by atoms with Gasteiger partial charge in [0.2, 0.25) is 0 Å². The van der Waals surface area contributed by atoms with E-state index in [0.29, 0.717) is 6.54 Å². The molecule has 2 atom stereocenters. The third-order valence-corrected chi connectivity index (χ3v) is 3.14. The minimum Gasteiger partial charge on any atom is -0.481 e. The van der Waals surface area contributed by atoms with Gasteiger partial charge in [0.1, 0.15) is 0 Å². The molecule has 2 N–H and O–H groups in total. The summed E-state index contributed by atoms with van der Waals surface area (Å²) in [4.78, 5) is 12.9. The fraction of sp³-hybridized carbons (Fsp3) is 0.909. The van der Waals surface area contributed by atoms with Crippen LogP contribution in [0.25, 0.3) is 0 Å². The lowest BCUT2D eigenvalue weighted by molar-refractivity contribution is -0.142. The van der Waals surface area contributed by atoms with Gasteiger partial charge >= 0.3 is 5.97 Å². The Kier molecular flexibility index (Phi) is 5.05. The first kappa shape index (κ1) is 12.5. The fourth-order valence-electron chi connectivity index (χ4n) is 2.11. The lowest BCUT2D eigenvalue weighted by Gasteiger charge is -2.29. The quantitative estimate of drug-likeness (QED) is 0.733. The third-order valence-electron chi connectivity index (χ3n) is 3.14. The number of carboxylic acids is 1. The highest BCUT2D eigenvalue weighted by Gasteiger charge is 2.23. The molecule has 88 valence electrons. The molecule has 1 aliphatic heterocycles. The molecule has 1 saturated heterocycles. The monoisotopic (exact) mass is 215 g/mol. The standard InChI is InChI=1S/C11H21NO3/c1-9(11(14)15)7-12-6-4-2-3-5-10(12)8-13/h9-10,13H,2-8H2,1H3,(H,14,15). The van der Waals surface area contributed by atoms with Gasteiger partial charge in [-0.2, -0.15) is 0 Å². The van der Waals surface area contributed by atoms with Crippen molar-refractivity contribution in [1.82, 2.24) is 4.90 Å². The second kappa shape index (κ2) is 6.08. The Balaban J connectivity index is 2.51. The van der Waals surface area contributed by atoms with Crippen LogP contribution < -0.4 is 0 Å². The number of hydrogen-bond acceptors (Lipinski definition) is 3. The maximum absolute atomic E-state index is 10.8. The van der Waals surface area contributed by atoms with Gasteiger partial charge in [0.25, 0.3) is 0 Å². The Morgan fingerprint density at radius 1 is 1.47 bits per heavy atom. The van der Waals surface area contributed by atoms with E-state index in [4.69, 9.17) is 5.11 Å². The van der Waals surface area contributed by atoms with E-state index in [1.165, 1.54) is 6.42 Å². The van der Waals surface area contributed by atoms with Gasteiger partial charge in [0, 0.05) is 12.6 Å². The first-order chi connectivity index (χ1) is 7.15. The van der Waals surface area contributed by atoms with Gasteiger partial charge in [-0.15, -0.1) is 0 Å². The summed E-state index contributed by atoms with van der Waals surface area (Å²) in [5.74, 6) is -1.10. The molecule has 0 radical (unpaired) electrons. The van der Waals surface area contributed by atoms with Crippen LogP contribution in [0.2, 0.25) is 0 Å². The molecular formula is C11H21NO3. The Morgan fingerprint density at radius 2 is 2.20 bits per heavy atom. The van der Waals surface area contributed by atoms with Crippen molar-refractivity contribution in [2.75, 3.05) is 19.7 Å². The molecule has 0 bridgehead atoms. The molecule has 1 fully saturated rings. The number of carbonyl (C=O) groups is 1. The number of nitrogens with zero attached hydrogens (tertiary/aromatic N) is 1. The molecule has 4 heteroatoms. The predicted molar refractivity (Wildman–Crippen MR) is 57.7 cm³/mol. The van der Waals surface area contributed by atoms with Gasteiger partial charge < -0.3 is 10.2 Å². The maximum atomic E-state index is 10.8. The van der Waals surface area contributed by atoms with Crippen LogP contribution in [0.5, 0.6) is 0 Å². The number of rotatable bonds is 4. The number of aliphatic carboxylic acids is 1. The van der Waals surface area contributed by atoms with Crippen molar-refractivity contribution < 1.29 is 15.0 Å². The van der Waals surface area contributed by atoms with Gasteiger partial charge in [-0.25, -0.2) is 0 Å². The molecular weight excluding hydrogens is 194 g/mol. The Morgan fingerprint density at radius 3 is 2.80 bits per heavy atom. The Bertz CT molecular complexity index is 208. The number of aliphatic hydroxyl groups is 1. The summed E-state index contributed by atoms with van der Waals surface area (Å²) in [7, 11) is 0. The van der Waals surface area contributed by atoms with E-state index in [2.05, 4.69) is 4.90 Å². The van der Waals surface area contributed by atoms with E-state index in [0.717, 1.165) is 25.8 Å².